The number of thiocarbonyl (C=S) groups is 1. The molecule has 0 saturated heterocycles. The van der Waals surface area contributed by atoms with Crippen molar-refractivity contribution in [3.05, 3.63) is 0 Å². The fraction of sp³-hybridized carbons (Fsp3) is 0.875. The standard InChI is InChI=1S/C8H18N2S2/c1-7(8(9)11)10(2)5-4-6-12-3/h7H,4-6H2,1-3H3,(H2,9,11). The summed E-state index contributed by atoms with van der Waals surface area (Å²) >= 11 is 6.78. The molecule has 2 N–H and O–H groups in total. The Morgan fingerprint density at radius 2 is 2.25 bits per heavy atom. The molecule has 0 heterocycles. The minimum absolute atomic E-state index is 0.224. The number of nitrogens with two attached hydrogens (primary N) is 1. The van der Waals surface area contributed by atoms with E-state index in [2.05, 4.69) is 18.2 Å². The maximum atomic E-state index is 5.53. The maximum Gasteiger partial charge on any atom is 0.0899 e. The number of hydrogen-bond acceptors (Lipinski definition) is 3. The van der Waals surface area contributed by atoms with Crippen molar-refractivity contribution in [3.63, 3.8) is 0 Å². The molecule has 2 nitrogen and oxygen atoms in total. The van der Waals surface area contributed by atoms with E-state index in [-0.39, 0.29) is 6.04 Å². The molecule has 4 heteroatoms. The first-order chi connectivity index (χ1) is 5.59. The van der Waals surface area contributed by atoms with E-state index in [1.165, 1.54) is 12.2 Å². The summed E-state index contributed by atoms with van der Waals surface area (Å²) in [6, 6.07) is 0.224. The Bertz CT molecular complexity index is 139. The third-order valence-electron chi connectivity index (χ3n) is 1.93. The van der Waals surface area contributed by atoms with Gasteiger partial charge in [-0.2, -0.15) is 11.8 Å². The minimum atomic E-state index is 0.224. The molecule has 1 unspecified atom stereocenters. The highest BCUT2D eigenvalue weighted by molar-refractivity contribution is 7.98. The number of hydrogen-bond donors (Lipinski definition) is 1. The lowest BCUT2D eigenvalue weighted by Crippen LogP contribution is -2.39. The molecular formula is C8H18N2S2. The summed E-state index contributed by atoms with van der Waals surface area (Å²) in [6.07, 6.45) is 3.32. The van der Waals surface area contributed by atoms with Gasteiger partial charge in [0, 0.05) is 0 Å². The van der Waals surface area contributed by atoms with Gasteiger partial charge in [0.15, 0.2) is 0 Å². The highest BCUT2D eigenvalue weighted by atomic mass is 32.2. The molecule has 1 atom stereocenters. The van der Waals surface area contributed by atoms with Crippen LogP contribution >= 0.6 is 24.0 Å². The molecule has 0 radical (unpaired) electrons. The Balaban J connectivity index is 3.56. The fourth-order valence-corrected chi connectivity index (χ4v) is 1.47. The quantitative estimate of drug-likeness (QED) is 0.525. The van der Waals surface area contributed by atoms with Gasteiger partial charge in [-0.25, -0.2) is 0 Å². The van der Waals surface area contributed by atoms with Crippen LogP contribution in [0.1, 0.15) is 13.3 Å². The van der Waals surface area contributed by atoms with Crippen LogP contribution in [0.4, 0.5) is 0 Å². The summed E-state index contributed by atoms with van der Waals surface area (Å²) < 4.78 is 0. The summed E-state index contributed by atoms with van der Waals surface area (Å²) in [6.45, 7) is 3.11. The molecule has 0 aliphatic heterocycles. The lowest BCUT2D eigenvalue weighted by Gasteiger charge is -2.23. The van der Waals surface area contributed by atoms with E-state index in [9.17, 15) is 0 Å². The van der Waals surface area contributed by atoms with Crippen molar-refractivity contribution in [3.8, 4) is 0 Å². The van der Waals surface area contributed by atoms with Gasteiger partial charge in [-0.1, -0.05) is 12.2 Å². The maximum absolute atomic E-state index is 5.53. The first-order valence-corrected chi connectivity index (χ1v) is 5.88. The van der Waals surface area contributed by atoms with E-state index in [0.717, 1.165) is 6.54 Å². The van der Waals surface area contributed by atoms with Crippen molar-refractivity contribution >= 4 is 29.0 Å². The van der Waals surface area contributed by atoms with E-state index < -0.39 is 0 Å². The first-order valence-electron chi connectivity index (χ1n) is 4.08. The Morgan fingerprint density at radius 1 is 1.67 bits per heavy atom. The molecule has 0 saturated carbocycles. The van der Waals surface area contributed by atoms with Crippen LogP contribution in [0.15, 0.2) is 0 Å². The summed E-state index contributed by atoms with van der Waals surface area (Å²) in [5, 5.41) is 0. The molecule has 12 heavy (non-hydrogen) atoms. The lowest BCUT2D eigenvalue weighted by molar-refractivity contribution is 0.314. The third kappa shape index (κ3) is 4.95. The largest absolute Gasteiger partial charge is 0.392 e. The topological polar surface area (TPSA) is 29.3 Å². The molecule has 0 rings (SSSR count). The molecule has 0 aliphatic carbocycles. The van der Waals surface area contributed by atoms with Gasteiger partial charge >= 0.3 is 0 Å². The Labute approximate surface area is 84.9 Å². The SMILES string of the molecule is CSCCCN(C)C(C)C(N)=S. The first kappa shape index (κ1) is 12.2. The van der Waals surface area contributed by atoms with Crippen molar-refractivity contribution in [1.29, 1.82) is 0 Å². The zero-order valence-electron chi connectivity index (χ0n) is 8.04. The Kier molecular flexibility index (Phi) is 6.80. The molecule has 0 amide bonds. The lowest BCUT2D eigenvalue weighted by atomic mass is 10.3. The van der Waals surface area contributed by atoms with Crippen LogP contribution in [0.25, 0.3) is 0 Å². The van der Waals surface area contributed by atoms with Gasteiger partial charge in [-0.3, -0.25) is 4.90 Å². The van der Waals surface area contributed by atoms with Crippen LogP contribution < -0.4 is 5.73 Å². The molecule has 0 aliphatic rings. The van der Waals surface area contributed by atoms with E-state index in [4.69, 9.17) is 18.0 Å². The highest BCUT2D eigenvalue weighted by Crippen LogP contribution is 2.00. The average molecular weight is 206 g/mol. The second-order valence-electron chi connectivity index (χ2n) is 2.91. The number of nitrogens with zero attached hydrogens (tertiary/aromatic N) is 1. The summed E-state index contributed by atoms with van der Waals surface area (Å²) in [5.74, 6) is 1.20. The molecule has 0 spiro atoms. The minimum Gasteiger partial charge on any atom is -0.392 e. The number of rotatable bonds is 6. The second kappa shape index (κ2) is 6.69. The number of thioether (sulfide) groups is 1. The third-order valence-corrected chi connectivity index (χ3v) is 2.97. The van der Waals surface area contributed by atoms with Gasteiger partial charge in [-0.05, 0) is 38.9 Å². The van der Waals surface area contributed by atoms with Crippen LogP contribution in [0.2, 0.25) is 0 Å². The van der Waals surface area contributed by atoms with Crippen LogP contribution in [0.3, 0.4) is 0 Å². The van der Waals surface area contributed by atoms with E-state index in [1.54, 1.807) is 0 Å². The van der Waals surface area contributed by atoms with Crippen molar-refractivity contribution in [2.24, 2.45) is 5.73 Å². The smallest absolute Gasteiger partial charge is 0.0899 e. The highest BCUT2D eigenvalue weighted by Gasteiger charge is 2.10. The van der Waals surface area contributed by atoms with Gasteiger partial charge in [0.2, 0.25) is 0 Å². The average Bonchev–Trinajstić information content (AvgIpc) is 2.03. The van der Waals surface area contributed by atoms with Crippen molar-refractivity contribution < 1.29 is 0 Å². The van der Waals surface area contributed by atoms with Crippen molar-refractivity contribution in [2.45, 2.75) is 19.4 Å². The van der Waals surface area contributed by atoms with Gasteiger partial charge in [0.1, 0.15) is 0 Å². The van der Waals surface area contributed by atoms with Gasteiger partial charge in [0.05, 0.1) is 11.0 Å². The zero-order chi connectivity index (χ0) is 9.56. The van der Waals surface area contributed by atoms with Crippen LogP contribution in [-0.4, -0.2) is 41.5 Å². The van der Waals surface area contributed by atoms with Crippen LogP contribution in [0, 0.1) is 0 Å². The summed E-state index contributed by atoms with van der Waals surface area (Å²) in [5.41, 5.74) is 5.53. The monoisotopic (exact) mass is 206 g/mol. The Hall–Kier alpha value is 0.200. The fourth-order valence-electron chi connectivity index (χ4n) is 0.869. The zero-order valence-corrected chi connectivity index (χ0v) is 9.67. The van der Waals surface area contributed by atoms with Gasteiger partial charge in [-0.15, -0.1) is 0 Å². The van der Waals surface area contributed by atoms with Crippen LogP contribution in [-0.2, 0) is 0 Å². The molecule has 0 aromatic heterocycles. The molecule has 0 fully saturated rings. The van der Waals surface area contributed by atoms with Crippen molar-refractivity contribution in [2.75, 3.05) is 25.6 Å². The summed E-state index contributed by atoms with van der Waals surface area (Å²) in [7, 11) is 2.06. The molecule has 0 aromatic carbocycles. The van der Waals surface area contributed by atoms with E-state index in [0.29, 0.717) is 4.99 Å². The van der Waals surface area contributed by atoms with Gasteiger partial charge in [0.25, 0.3) is 0 Å². The predicted octanol–water partition coefficient (Wildman–Crippen LogP) is 1.35. The molecule has 0 bridgehead atoms. The van der Waals surface area contributed by atoms with E-state index in [1.807, 2.05) is 18.7 Å². The summed E-state index contributed by atoms with van der Waals surface area (Å²) in [4.78, 5) is 2.78. The second-order valence-corrected chi connectivity index (χ2v) is 4.36. The van der Waals surface area contributed by atoms with Crippen LogP contribution in [0.5, 0.6) is 0 Å². The molecular weight excluding hydrogens is 188 g/mol. The normalized spacial score (nSPS) is 13.3. The van der Waals surface area contributed by atoms with Crippen molar-refractivity contribution in [1.82, 2.24) is 4.90 Å². The molecule has 72 valence electrons. The van der Waals surface area contributed by atoms with E-state index >= 15 is 0 Å². The number of likely N-dealkylation sites (N-methyl/N-ethyl adjacent to an activating group) is 1. The Morgan fingerprint density at radius 3 is 2.67 bits per heavy atom. The predicted molar refractivity (Wildman–Crippen MR) is 61.9 cm³/mol. The van der Waals surface area contributed by atoms with Gasteiger partial charge < -0.3 is 5.73 Å². The molecule has 0 aromatic rings.